The third kappa shape index (κ3) is 3.11. The van der Waals surface area contributed by atoms with Crippen LogP contribution in [0.15, 0.2) is 23.7 Å². The zero-order valence-electron chi connectivity index (χ0n) is 12.5. The van der Waals surface area contributed by atoms with Crippen molar-refractivity contribution in [2.75, 3.05) is 5.75 Å². The van der Waals surface area contributed by atoms with Crippen LogP contribution in [-0.2, 0) is 13.5 Å². The highest BCUT2D eigenvalue weighted by Crippen LogP contribution is 2.34. The molecule has 0 saturated heterocycles. The van der Waals surface area contributed by atoms with Gasteiger partial charge in [-0.3, -0.25) is 4.68 Å². The molecule has 0 unspecified atom stereocenters. The topological polar surface area (TPSA) is 43.6 Å². The summed E-state index contributed by atoms with van der Waals surface area (Å²) in [6.45, 7) is 4.32. The van der Waals surface area contributed by atoms with Gasteiger partial charge >= 0.3 is 0 Å². The summed E-state index contributed by atoms with van der Waals surface area (Å²) in [7, 11) is 1.96. The Morgan fingerprint density at radius 2 is 2.14 bits per heavy atom. The van der Waals surface area contributed by atoms with Gasteiger partial charge < -0.3 is 0 Å². The molecule has 0 atom stereocenters. The van der Waals surface area contributed by atoms with Gasteiger partial charge in [0.1, 0.15) is 16.2 Å². The van der Waals surface area contributed by atoms with Gasteiger partial charge in [0.2, 0.25) is 0 Å². The molecule has 0 saturated carbocycles. The Morgan fingerprint density at radius 1 is 1.29 bits per heavy atom. The van der Waals surface area contributed by atoms with E-state index < -0.39 is 0 Å². The van der Waals surface area contributed by atoms with E-state index in [9.17, 15) is 0 Å². The Morgan fingerprint density at radius 3 is 2.90 bits per heavy atom. The molecule has 0 aliphatic carbocycles. The first-order valence-corrected chi connectivity index (χ1v) is 8.76. The molecule has 0 aromatic carbocycles. The second kappa shape index (κ2) is 6.15. The summed E-state index contributed by atoms with van der Waals surface area (Å²) in [6.07, 6.45) is 7.90. The lowest BCUT2D eigenvalue weighted by Crippen LogP contribution is -1.90. The zero-order valence-corrected chi connectivity index (χ0v) is 14.1. The highest BCUT2D eigenvalue weighted by Gasteiger charge is 2.12. The van der Waals surface area contributed by atoms with E-state index in [4.69, 9.17) is 0 Å². The summed E-state index contributed by atoms with van der Waals surface area (Å²) in [5.74, 6) is 1.06. The van der Waals surface area contributed by atoms with Crippen molar-refractivity contribution in [2.24, 2.45) is 7.05 Å². The molecule has 3 aromatic heterocycles. The van der Waals surface area contributed by atoms with Crippen molar-refractivity contribution in [1.29, 1.82) is 0 Å². The second-order valence-electron chi connectivity index (χ2n) is 5.12. The zero-order chi connectivity index (χ0) is 14.8. The minimum atomic E-state index is 1.06. The van der Waals surface area contributed by atoms with Crippen molar-refractivity contribution < 1.29 is 0 Å². The average Bonchev–Trinajstić information content (AvgIpc) is 3.00. The van der Waals surface area contributed by atoms with Gasteiger partial charge in [-0.25, -0.2) is 9.97 Å². The average molecular weight is 318 g/mol. The predicted molar refractivity (Wildman–Crippen MR) is 89.1 cm³/mol. The Hall–Kier alpha value is -1.40. The molecule has 110 valence electrons. The third-order valence-electron chi connectivity index (χ3n) is 3.54. The molecule has 4 nitrogen and oxygen atoms in total. The van der Waals surface area contributed by atoms with Crippen molar-refractivity contribution in [3.63, 3.8) is 0 Å². The molecular weight excluding hydrogens is 300 g/mol. The number of aryl methyl sites for hydroxylation is 4. The fraction of sp³-hybridized carbons (Fsp3) is 0.400. The first kappa shape index (κ1) is 14.5. The van der Waals surface area contributed by atoms with Crippen LogP contribution in [0.4, 0.5) is 0 Å². The molecular formula is C15H18N4S2. The van der Waals surface area contributed by atoms with Crippen LogP contribution < -0.4 is 0 Å². The summed E-state index contributed by atoms with van der Waals surface area (Å²) in [6, 6.07) is 0. The molecule has 3 rings (SSSR count). The number of hydrogen-bond donors (Lipinski definition) is 0. The minimum Gasteiger partial charge on any atom is -0.276 e. The summed E-state index contributed by atoms with van der Waals surface area (Å²) in [5, 5.41) is 6.56. The van der Waals surface area contributed by atoms with Crippen molar-refractivity contribution in [1.82, 2.24) is 19.7 Å². The maximum Gasteiger partial charge on any atom is 0.128 e. The number of thiophene rings is 1. The highest BCUT2D eigenvalue weighted by atomic mass is 32.2. The maximum absolute atomic E-state index is 4.47. The number of rotatable bonds is 5. The van der Waals surface area contributed by atoms with Gasteiger partial charge in [-0.1, -0.05) is 0 Å². The van der Waals surface area contributed by atoms with E-state index in [0.29, 0.717) is 0 Å². The van der Waals surface area contributed by atoms with Crippen molar-refractivity contribution in [3.05, 3.63) is 34.7 Å². The molecule has 0 spiro atoms. The summed E-state index contributed by atoms with van der Waals surface area (Å²) < 4.78 is 1.86. The molecule has 0 aliphatic heterocycles. The standard InChI is InChI=1S/C15H18N4S2/c1-10-11(2)21-15-13(10)14(16-9-17-15)20-6-4-5-12-7-18-19(3)8-12/h7-9H,4-6H2,1-3H3. The van der Waals surface area contributed by atoms with Gasteiger partial charge in [-0.2, -0.15) is 5.10 Å². The van der Waals surface area contributed by atoms with Crippen LogP contribution in [0.25, 0.3) is 10.2 Å². The van der Waals surface area contributed by atoms with Gasteiger partial charge in [0.05, 0.1) is 6.20 Å². The monoisotopic (exact) mass is 318 g/mol. The Bertz CT molecular complexity index is 760. The van der Waals surface area contributed by atoms with E-state index in [1.165, 1.54) is 21.4 Å². The molecule has 0 N–H and O–H groups in total. The van der Waals surface area contributed by atoms with Gasteiger partial charge in [0, 0.05) is 23.5 Å². The van der Waals surface area contributed by atoms with Crippen LogP contribution in [0, 0.1) is 13.8 Å². The van der Waals surface area contributed by atoms with Crippen LogP contribution in [0.2, 0.25) is 0 Å². The lowest BCUT2D eigenvalue weighted by atomic mass is 10.2. The van der Waals surface area contributed by atoms with E-state index in [1.54, 1.807) is 17.7 Å². The number of hydrogen-bond acceptors (Lipinski definition) is 5. The van der Waals surface area contributed by atoms with E-state index in [-0.39, 0.29) is 0 Å². The fourth-order valence-electron chi connectivity index (χ4n) is 2.31. The predicted octanol–water partition coefficient (Wildman–Crippen LogP) is 3.77. The summed E-state index contributed by atoms with van der Waals surface area (Å²) in [5.41, 5.74) is 2.62. The van der Waals surface area contributed by atoms with Crippen LogP contribution in [0.3, 0.4) is 0 Å². The fourth-order valence-corrected chi connectivity index (χ4v) is 4.36. The van der Waals surface area contributed by atoms with Gasteiger partial charge in [0.15, 0.2) is 0 Å². The SMILES string of the molecule is Cc1sc2ncnc(SCCCc3cnn(C)c3)c2c1C. The van der Waals surface area contributed by atoms with Gasteiger partial charge in [0.25, 0.3) is 0 Å². The number of aromatic nitrogens is 4. The molecule has 3 heterocycles. The van der Waals surface area contributed by atoms with Crippen molar-refractivity contribution >= 4 is 33.3 Å². The van der Waals surface area contributed by atoms with E-state index in [0.717, 1.165) is 28.5 Å². The van der Waals surface area contributed by atoms with Crippen LogP contribution in [-0.4, -0.2) is 25.5 Å². The first-order chi connectivity index (χ1) is 10.1. The summed E-state index contributed by atoms with van der Waals surface area (Å²) in [4.78, 5) is 11.3. The molecule has 0 amide bonds. The first-order valence-electron chi connectivity index (χ1n) is 6.96. The summed E-state index contributed by atoms with van der Waals surface area (Å²) >= 11 is 3.59. The van der Waals surface area contributed by atoms with Crippen molar-refractivity contribution in [3.8, 4) is 0 Å². The molecule has 3 aromatic rings. The Kier molecular flexibility index (Phi) is 4.26. The molecule has 0 bridgehead atoms. The number of fused-ring (bicyclic) bond motifs is 1. The lowest BCUT2D eigenvalue weighted by Gasteiger charge is -2.03. The minimum absolute atomic E-state index is 1.06. The van der Waals surface area contributed by atoms with Crippen LogP contribution >= 0.6 is 23.1 Å². The lowest BCUT2D eigenvalue weighted by molar-refractivity contribution is 0.766. The largest absolute Gasteiger partial charge is 0.276 e. The van der Waals surface area contributed by atoms with E-state index in [2.05, 4.69) is 35.1 Å². The third-order valence-corrected chi connectivity index (χ3v) is 5.73. The maximum atomic E-state index is 4.47. The molecule has 0 aliphatic rings. The molecule has 0 fully saturated rings. The van der Waals surface area contributed by atoms with Gasteiger partial charge in [-0.15, -0.1) is 23.1 Å². The normalized spacial score (nSPS) is 11.4. The van der Waals surface area contributed by atoms with Gasteiger partial charge in [-0.05, 0) is 43.6 Å². The Labute approximate surface area is 132 Å². The smallest absolute Gasteiger partial charge is 0.128 e. The van der Waals surface area contributed by atoms with Crippen LogP contribution in [0.5, 0.6) is 0 Å². The van der Waals surface area contributed by atoms with Crippen LogP contribution in [0.1, 0.15) is 22.4 Å². The van der Waals surface area contributed by atoms with E-state index in [1.807, 2.05) is 29.7 Å². The number of thioether (sulfide) groups is 1. The molecule has 6 heteroatoms. The van der Waals surface area contributed by atoms with E-state index >= 15 is 0 Å². The second-order valence-corrected chi connectivity index (χ2v) is 7.40. The molecule has 0 radical (unpaired) electrons. The number of nitrogens with zero attached hydrogens (tertiary/aromatic N) is 4. The van der Waals surface area contributed by atoms with Crippen molar-refractivity contribution in [2.45, 2.75) is 31.7 Å². The molecule has 21 heavy (non-hydrogen) atoms. The highest BCUT2D eigenvalue weighted by molar-refractivity contribution is 7.99. The quantitative estimate of drug-likeness (QED) is 0.408. The Balaban J connectivity index is 1.65.